The van der Waals surface area contributed by atoms with Crippen molar-refractivity contribution in [3.63, 3.8) is 0 Å². The van der Waals surface area contributed by atoms with Crippen LogP contribution in [0.1, 0.15) is 22.3 Å². The largest absolute Gasteiger partial charge is 0.496 e. The molecule has 3 rings (SSSR count). The number of rotatable bonds is 5. The Bertz CT molecular complexity index is 1130. The van der Waals surface area contributed by atoms with E-state index in [2.05, 4.69) is 10.3 Å². The second-order valence-electron chi connectivity index (χ2n) is 6.66. The number of thioether (sulfide) groups is 1. The molecule has 0 aliphatic carbocycles. The number of ether oxygens (including phenoxy) is 2. The van der Waals surface area contributed by atoms with Gasteiger partial charge in [-0.05, 0) is 42.1 Å². The van der Waals surface area contributed by atoms with Gasteiger partial charge in [-0.1, -0.05) is 6.07 Å². The predicted octanol–water partition coefficient (Wildman–Crippen LogP) is 6.14. The molecule has 1 heterocycles. The van der Waals surface area contributed by atoms with Gasteiger partial charge in [-0.15, -0.1) is 0 Å². The summed E-state index contributed by atoms with van der Waals surface area (Å²) in [6, 6.07) is 5.83. The molecule has 2 aromatic carbocycles. The third-order valence-electron chi connectivity index (χ3n) is 4.51. The Labute approximate surface area is 188 Å². The first-order valence-electron chi connectivity index (χ1n) is 9.18. The maximum Gasteiger partial charge on any atom is 0.416 e. The number of amidine groups is 1. The summed E-state index contributed by atoms with van der Waals surface area (Å²) >= 11 is 0.938. The summed E-state index contributed by atoms with van der Waals surface area (Å²) in [6.45, 7) is -0.614. The van der Waals surface area contributed by atoms with Crippen LogP contribution in [0.3, 0.4) is 0 Å². The molecular formula is C21H16F6N2O3S. The molecule has 0 spiro atoms. The Morgan fingerprint density at radius 1 is 1.06 bits per heavy atom. The maximum absolute atomic E-state index is 13.3. The second kappa shape index (κ2) is 9.38. The Hall–Kier alpha value is -3.15. The van der Waals surface area contributed by atoms with E-state index in [4.69, 9.17) is 9.47 Å². The lowest BCUT2D eigenvalue weighted by atomic mass is 10.0. The number of nitrogens with zero attached hydrogens (tertiary/aromatic N) is 1. The molecule has 33 heavy (non-hydrogen) atoms. The minimum atomic E-state index is -4.99. The molecule has 5 nitrogen and oxygen atoms in total. The SMILES string of the molecule is CN=C1NC(=O)SC1=Cc1ccc(OCc2ccc(C(F)(F)F)cc2C(F)(F)F)cc1OC. The number of carbonyl (C=O) groups excluding carboxylic acids is 1. The van der Waals surface area contributed by atoms with Crippen LogP contribution in [0.15, 0.2) is 46.3 Å². The molecule has 0 unspecified atom stereocenters. The number of methoxy groups -OCH3 is 1. The van der Waals surface area contributed by atoms with Crippen molar-refractivity contribution in [3.8, 4) is 11.5 Å². The van der Waals surface area contributed by atoms with Crippen LogP contribution in [0.4, 0.5) is 31.1 Å². The molecule has 1 aliphatic heterocycles. The maximum atomic E-state index is 13.3. The van der Waals surface area contributed by atoms with Gasteiger partial charge in [0.05, 0.1) is 23.1 Å². The molecule has 1 amide bonds. The highest BCUT2D eigenvalue weighted by Crippen LogP contribution is 2.38. The fourth-order valence-electron chi connectivity index (χ4n) is 2.94. The van der Waals surface area contributed by atoms with Crippen LogP contribution in [0.5, 0.6) is 11.5 Å². The molecule has 176 valence electrons. The van der Waals surface area contributed by atoms with Gasteiger partial charge >= 0.3 is 12.4 Å². The zero-order chi connectivity index (χ0) is 24.4. The van der Waals surface area contributed by atoms with Gasteiger partial charge in [0.15, 0.2) is 0 Å². The van der Waals surface area contributed by atoms with E-state index in [1.165, 1.54) is 26.3 Å². The van der Waals surface area contributed by atoms with Crippen molar-refractivity contribution in [2.45, 2.75) is 19.0 Å². The van der Waals surface area contributed by atoms with E-state index >= 15 is 0 Å². The zero-order valence-corrected chi connectivity index (χ0v) is 17.9. The van der Waals surface area contributed by atoms with Crippen LogP contribution in [0, 0.1) is 0 Å². The molecule has 0 radical (unpaired) electrons. The summed E-state index contributed by atoms with van der Waals surface area (Å²) in [7, 11) is 2.89. The van der Waals surface area contributed by atoms with E-state index in [1.807, 2.05) is 0 Å². The molecule has 1 saturated heterocycles. The van der Waals surface area contributed by atoms with Crippen LogP contribution in [-0.4, -0.2) is 25.2 Å². The average Bonchev–Trinajstić information content (AvgIpc) is 3.10. The van der Waals surface area contributed by atoms with Crippen molar-refractivity contribution in [1.29, 1.82) is 0 Å². The molecule has 12 heteroatoms. The fraction of sp³-hybridized carbons (Fsp3) is 0.238. The van der Waals surface area contributed by atoms with Gasteiger partial charge in [0.1, 0.15) is 23.9 Å². The highest BCUT2D eigenvalue weighted by atomic mass is 32.2. The van der Waals surface area contributed by atoms with Gasteiger partial charge in [0, 0.05) is 24.2 Å². The van der Waals surface area contributed by atoms with Gasteiger partial charge in [-0.25, -0.2) is 0 Å². The first kappa shape index (κ1) is 24.5. The molecule has 1 aliphatic rings. The minimum absolute atomic E-state index is 0.0655. The lowest BCUT2D eigenvalue weighted by Gasteiger charge is -2.17. The highest BCUT2D eigenvalue weighted by molar-refractivity contribution is 8.18. The van der Waals surface area contributed by atoms with Crippen LogP contribution in [0.2, 0.25) is 0 Å². The molecule has 0 saturated carbocycles. The number of amides is 1. The van der Waals surface area contributed by atoms with Crippen molar-refractivity contribution < 1.29 is 40.6 Å². The summed E-state index contributed by atoms with van der Waals surface area (Å²) < 4.78 is 89.1. The number of carbonyl (C=O) groups is 1. The van der Waals surface area contributed by atoms with E-state index in [0.29, 0.717) is 28.1 Å². The van der Waals surface area contributed by atoms with Crippen molar-refractivity contribution in [1.82, 2.24) is 5.32 Å². The topological polar surface area (TPSA) is 59.9 Å². The van der Waals surface area contributed by atoms with Crippen molar-refractivity contribution >= 4 is 28.9 Å². The van der Waals surface area contributed by atoms with E-state index in [1.54, 1.807) is 12.1 Å². The lowest BCUT2D eigenvalue weighted by molar-refractivity contribution is -0.143. The Kier molecular flexibility index (Phi) is 6.96. The normalized spacial score (nSPS) is 16.9. The third-order valence-corrected chi connectivity index (χ3v) is 5.33. The predicted molar refractivity (Wildman–Crippen MR) is 111 cm³/mol. The Morgan fingerprint density at radius 2 is 1.79 bits per heavy atom. The standard InChI is InChI=1S/C21H16F6N2O3S/c1-28-18-17(33-19(30)29-18)7-11-4-6-14(9-16(11)31-2)32-10-12-3-5-13(20(22,23)24)8-15(12)21(25,26)27/h3-9H,10H2,1-2H3,(H,28,29,30). The Balaban J connectivity index is 1.85. The molecule has 1 N–H and O–H groups in total. The zero-order valence-electron chi connectivity index (χ0n) is 17.1. The number of halogens is 6. The molecule has 0 aromatic heterocycles. The highest BCUT2D eigenvalue weighted by Gasteiger charge is 2.38. The molecule has 0 bridgehead atoms. The monoisotopic (exact) mass is 490 g/mol. The van der Waals surface area contributed by atoms with E-state index in [9.17, 15) is 31.1 Å². The van der Waals surface area contributed by atoms with Crippen LogP contribution in [-0.2, 0) is 19.0 Å². The first-order valence-corrected chi connectivity index (χ1v) is 10.00. The van der Waals surface area contributed by atoms with Gasteiger partial charge in [-0.3, -0.25) is 9.79 Å². The second-order valence-corrected chi connectivity index (χ2v) is 7.67. The number of alkyl halides is 6. The number of benzene rings is 2. The fourth-order valence-corrected chi connectivity index (χ4v) is 3.71. The van der Waals surface area contributed by atoms with E-state index in [-0.39, 0.29) is 17.1 Å². The summed E-state index contributed by atoms with van der Waals surface area (Å²) in [4.78, 5) is 16.1. The average molecular weight is 490 g/mol. The smallest absolute Gasteiger partial charge is 0.416 e. The van der Waals surface area contributed by atoms with Crippen molar-refractivity contribution in [2.75, 3.05) is 14.2 Å². The van der Waals surface area contributed by atoms with Gasteiger partial charge in [-0.2, -0.15) is 26.3 Å². The molecule has 1 fully saturated rings. The number of hydrogen-bond donors (Lipinski definition) is 1. The molecule has 2 aromatic rings. The summed E-state index contributed by atoms with van der Waals surface area (Å²) in [5.74, 6) is 0.827. The Morgan fingerprint density at radius 3 is 2.39 bits per heavy atom. The summed E-state index contributed by atoms with van der Waals surface area (Å²) in [5, 5.41) is 2.28. The third kappa shape index (κ3) is 5.81. The number of aliphatic imine (C=N–C) groups is 1. The summed E-state index contributed by atoms with van der Waals surface area (Å²) in [5.41, 5.74) is -2.72. The minimum Gasteiger partial charge on any atom is -0.496 e. The molecule has 0 atom stereocenters. The number of nitrogens with one attached hydrogen (secondary N) is 1. The van der Waals surface area contributed by atoms with Crippen LogP contribution < -0.4 is 14.8 Å². The van der Waals surface area contributed by atoms with Gasteiger partial charge in [0.2, 0.25) is 0 Å². The quantitative estimate of drug-likeness (QED) is 0.512. The van der Waals surface area contributed by atoms with Crippen LogP contribution >= 0.6 is 11.8 Å². The number of hydrogen-bond acceptors (Lipinski definition) is 5. The molecular weight excluding hydrogens is 474 g/mol. The van der Waals surface area contributed by atoms with E-state index < -0.39 is 35.6 Å². The van der Waals surface area contributed by atoms with Gasteiger partial charge in [0.25, 0.3) is 5.24 Å². The van der Waals surface area contributed by atoms with Crippen LogP contribution in [0.25, 0.3) is 6.08 Å². The summed E-state index contributed by atoms with van der Waals surface area (Å²) in [6.07, 6.45) is -8.25. The van der Waals surface area contributed by atoms with Crippen molar-refractivity contribution in [2.24, 2.45) is 4.99 Å². The van der Waals surface area contributed by atoms with Crippen molar-refractivity contribution in [3.05, 3.63) is 63.6 Å². The van der Waals surface area contributed by atoms with E-state index in [0.717, 1.165) is 17.8 Å². The first-order chi connectivity index (χ1) is 15.4. The lowest BCUT2D eigenvalue weighted by Crippen LogP contribution is -2.18. The van der Waals surface area contributed by atoms with Gasteiger partial charge < -0.3 is 14.8 Å².